The SMILES string of the molecule is CCc1ccc(-c2nc(SCC(=O)c3ccc(NC(C)=O)cc3F)n[nH]2)cc1. The zero-order valence-electron chi connectivity index (χ0n) is 15.5. The van der Waals surface area contributed by atoms with Gasteiger partial charge in [0, 0.05) is 18.2 Å². The van der Waals surface area contributed by atoms with Crippen molar-refractivity contribution in [2.45, 2.75) is 25.4 Å². The van der Waals surface area contributed by atoms with E-state index in [9.17, 15) is 14.0 Å². The van der Waals surface area contributed by atoms with Crippen molar-refractivity contribution in [1.29, 1.82) is 0 Å². The number of nitrogens with one attached hydrogen (secondary N) is 2. The monoisotopic (exact) mass is 398 g/mol. The summed E-state index contributed by atoms with van der Waals surface area (Å²) >= 11 is 1.13. The first-order chi connectivity index (χ1) is 13.5. The van der Waals surface area contributed by atoms with Crippen LogP contribution in [0.1, 0.15) is 29.8 Å². The van der Waals surface area contributed by atoms with Crippen LogP contribution in [0.25, 0.3) is 11.4 Å². The molecule has 8 heteroatoms. The van der Waals surface area contributed by atoms with Gasteiger partial charge < -0.3 is 5.32 Å². The molecule has 3 rings (SSSR count). The molecule has 0 atom stereocenters. The summed E-state index contributed by atoms with van der Waals surface area (Å²) in [5.74, 6) is -0.746. The first kappa shape index (κ1) is 19.8. The summed E-state index contributed by atoms with van der Waals surface area (Å²) in [5, 5.41) is 9.85. The number of hydrogen-bond donors (Lipinski definition) is 2. The van der Waals surface area contributed by atoms with Crippen LogP contribution in [-0.2, 0) is 11.2 Å². The van der Waals surface area contributed by atoms with Crippen molar-refractivity contribution in [3.63, 3.8) is 0 Å². The fourth-order valence-electron chi connectivity index (χ4n) is 2.57. The Balaban J connectivity index is 1.63. The number of carbonyl (C=O) groups excluding carboxylic acids is 2. The van der Waals surface area contributed by atoms with Gasteiger partial charge in [-0.1, -0.05) is 43.0 Å². The highest BCUT2D eigenvalue weighted by atomic mass is 32.2. The average molecular weight is 398 g/mol. The molecule has 0 aliphatic carbocycles. The molecule has 0 aliphatic heterocycles. The number of carbonyl (C=O) groups is 2. The Hall–Kier alpha value is -3.00. The summed E-state index contributed by atoms with van der Waals surface area (Å²) in [6.07, 6.45) is 0.961. The number of nitrogens with zero attached hydrogens (tertiary/aromatic N) is 2. The molecule has 144 valence electrons. The van der Waals surface area contributed by atoms with E-state index < -0.39 is 5.82 Å². The van der Waals surface area contributed by atoms with Crippen LogP contribution in [0.4, 0.5) is 10.1 Å². The van der Waals surface area contributed by atoms with Gasteiger partial charge in [-0.15, -0.1) is 5.10 Å². The minimum absolute atomic E-state index is 0.00245. The highest BCUT2D eigenvalue weighted by Crippen LogP contribution is 2.22. The molecule has 1 amide bonds. The first-order valence-electron chi connectivity index (χ1n) is 8.71. The third-order valence-electron chi connectivity index (χ3n) is 4.02. The molecule has 0 aliphatic rings. The van der Waals surface area contributed by atoms with Crippen LogP contribution >= 0.6 is 11.8 Å². The van der Waals surface area contributed by atoms with Gasteiger partial charge in [-0.3, -0.25) is 14.7 Å². The van der Waals surface area contributed by atoms with Crippen LogP contribution in [0.3, 0.4) is 0 Å². The number of aromatic nitrogens is 3. The lowest BCUT2D eigenvalue weighted by molar-refractivity contribution is -0.114. The third-order valence-corrected chi connectivity index (χ3v) is 4.87. The maximum absolute atomic E-state index is 14.1. The van der Waals surface area contributed by atoms with Gasteiger partial charge in [0.05, 0.1) is 11.3 Å². The Morgan fingerprint density at radius 3 is 2.57 bits per heavy atom. The predicted octanol–water partition coefficient (Wildman–Crippen LogP) is 4.11. The number of amides is 1. The lowest BCUT2D eigenvalue weighted by atomic mass is 10.1. The number of aryl methyl sites for hydroxylation is 1. The zero-order valence-corrected chi connectivity index (χ0v) is 16.3. The van der Waals surface area contributed by atoms with Crippen molar-refractivity contribution in [3.05, 3.63) is 59.4 Å². The van der Waals surface area contributed by atoms with Crippen molar-refractivity contribution in [3.8, 4) is 11.4 Å². The van der Waals surface area contributed by atoms with Gasteiger partial charge in [0.15, 0.2) is 11.6 Å². The van der Waals surface area contributed by atoms with Gasteiger partial charge >= 0.3 is 0 Å². The van der Waals surface area contributed by atoms with E-state index in [1.54, 1.807) is 0 Å². The standard InChI is InChI=1S/C20H19FN4O2S/c1-3-13-4-6-14(7-5-13)19-23-20(25-24-19)28-11-18(27)16-9-8-15(10-17(16)21)22-12(2)26/h4-10H,3,11H2,1-2H3,(H,22,26)(H,23,24,25). The Morgan fingerprint density at radius 2 is 1.93 bits per heavy atom. The summed E-state index contributed by atoms with van der Waals surface area (Å²) in [6, 6.07) is 12.0. The number of anilines is 1. The van der Waals surface area contributed by atoms with Crippen molar-refractivity contribution in [1.82, 2.24) is 15.2 Å². The van der Waals surface area contributed by atoms with E-state index in [1.165, 1.54) is 24.6 Å². The fraction of sp³-hybridized carbons (Fsp3) is 0.200. The van der Waals surface area contributed by atoms with Gasteiger partial charge in [0.25, 0.3) is 0 Å². The molecule has 6 nitrogen and oxygen atoms in total. The maximum Gasteiger partial charge on any atom is 0.221 e. The number of benzene rings is 2. The molecule has 3 aromatic rings. The summed E-state index contributed by atoms with van der Waals surface area (Å²) in [6.45, 7) is 3.42. The minimum atomic E-state index is -0.677. The Bertz CT molecular complexity index is 1000. The lowest BCUT2D eigenvalue weighted by Crippen LogP contribution is -2.09. The summed E-state index contributed by atoms with van der Waals surface area (Å²) in [5.41, 5.74) is 2.41. The second kappa shape index (κ2) is 8.79. The Morgan fingerprint density at radius 1 is 1.18 bits per heavy atom. The van der Waals surface area contributed by atoms with Crippen LogP contribution in [0, 0.1) is 5.82 Å². The number of Topliss-reactive ketones (excluding diaryl/α,β-unsaturated/α-hetero) is 1. The minimum Gasteiger partial charge on any atom is -0.326 e. The van der Waals surface area contributed by atoms with Crippen molar-refractivity contribution >= 4 is 29.1 Å². The molecule has 2 N–H and O–H groups in total. The van der Waals surface area contributed by atoms with E-state index in [1.807, 2.05) is 24.3 Å². The summed E-state index contributed by atoms with van der Waals surface area (Å²) in [7, 11) is 0. The fourth-order valence-corrected chi connectivity index (χ4v) is 3.25. The topological polar surface area (TPSA) is 87.7 Å². The van der Waals surface area contributed by atoms with Gasteiger partial charge in [-0.25, -0.2) is 9.37 Å². The van der Waals surface area contributed by atoms with Crippen LogP contribution < -0.4 is 5.32 Å². The highest BCUT2D eigenvalue weighted by Gasteiger charge is 2.15. The molecular weight excluding hydrogens is 379 g/mol. The number of H-pyrrole nitrogens is 1. The molecule has 0 saturated heterocycles. The molecule has 1 aromatic heterocycles. The second-order valence-corrected chi connectivity index (χ2v) is 7.05. The lowest BCUT2D eigenvalue weighted by Gasteiger charge is -2.05. The summed E-state index contributed by atoms with van der Waals surface area (Å²) in [4.78, 5) is 27.7. The van der Waals surface area contributed by atoms with Crippen LogP contribution in [0.15, 0.2) is 47.6 Å². The number of halogens is 1. The molecule has 2 aromatic carbocycles. The van der Waals surface area contributed by atoms with Gasteiger partial charge in [0.1, 0.15) is 5.82 Å². The van der Waals surface area contributed by atoms with Gasteiger partial charge in [0.2, 0.25) is 11.1 Å². The number of rotatable bonds is 7. The second-order valence-electron chi connectivity index (χ2n) is 6.10. The van der Waals surface area contributed by atoms with E-state index in [4.69, 9.17) is 0 Å². The number of ketones is 1. The average Bonchev–Trinajstić information content (AvgIpc) is 3.15. The predicted molar refractivity (Wildman–Crippen MR) is 107 cm³/mol. The molecule has 0 unspecified atom stereocenters. The van der Waals surface area contributed by atoms with Gasteiger partial charge in [-0.05, 0) is 30.2 Å². The Kier molecular flexibility index (Phi) is 6.20. The first-order valence-corrected chi connectivity index (χ1v) is 9.69. The molecule has 0 fully saturated rings. The van der Waals surface area contributed by atoms with E-state index in [0.717, 1.165) is 29.8 Å². The van der Waals surface area contributed by atoms with Crippen LogP contribution in [-0.4, -0.2) is 32.6 Å². The molecule has 28 heavy (non-hydrogen) atoms. The highest BCUT2D eigenvalue weighted by molar-refractivity contribution is 7.99. The third kappa shape index (κ3) is 4.83. The van der Waals surface area contributed by atoms with Crippen LogP contribution in [0.2, 0.25) is 0 Å². The van der Waals surface area contributed by atoms with Gasteiger partial charge in [-0.2, -0.15) is 0 Å². The van der Waals surface area contributed by atoms with Crippen molar-refractivity contribution in [2.75, 3.05) is 11.1 Å². The molecule has 0 bridgehead atoms. The quantitative estimate of drug-likeness (QED) is 0.462. The van der Waals surface area contributed by atoms with E-state index in [2.05, 4.69) is 27.4 Å². The number of thioether (sulfide) groups is 1. The largest absolute Gasteiger partial charge is 0.326 e. The molecule has 1 heterocycles. The van der Waals surface area contributed by atoms with Crippen molar-refractivity contribution in [2.24, 2.45) is 0 Å². The Labute approximate surface area is 166 Å². The maximum atomic E-state index is 14.1. The molecule has 0 saturated carbocycles. The molecule has 0 radical (unpaired) electrons. The molecular formula is C20H19FN4O2S. The van der Waals surface area contributed by atoms with E-state index in [-0.39, 0.29) is 23.0 Å². The number of aromatic amines is 1. The van der Waals surface area contributed by atoms with Crippen molar-refractivity contribution < 1.29 is 14.0 Å². The van der Waals surface area contributed by atoms with E-state index in [0.29, 0.717) is 16.7 Å². The number of hydrogen-bond acceptors (Lipinski definition) is 5. The zero-order chi connectivity index (χ0) is 20.1. The molecule has 0 spiro atoms. The smallest absolute Gasteiger partial charge is 0.221 e. The van der Waals surface area contributed by atoms with Crippen LogP contribution in [0.5, 0.6) is 0 Å². The van der Waals surface area contributed by atoms with E-state index >= 15 is 0 Å². The normalized spacial score (nSPS) is 10.7. The summed E-state index contributed by atoms with van der Waals surface area (Å²) < 4.78 is 14.1.